The Labute approximate surface area is 110 Å². The number of aromatic nitrogens is 3. The molecule has 0 amide bonds. The minimum absolute atomic E-state index is 0.667. The summed E-state index contributed by atoms with van der Waals surface area (Å²) in [5, 5.41) is 16.7. The third-order valence-corrected chi connectivity index (χ3v) is 2.99. The van der Waals surface area contributed by atoms with Crippen LogP contribution >= 0.6 is 0 Å². The topological polar surface area (TPSA) is 77.2 Å². The lowest BCUT2D eigenvalue weighted by Gasteiger charge is -2.11. The van der Waals surface area contributed by atoms with E-state index in [1.54, 1.807) is 20.2 Å². The molecule has 1 aromatic heterocycles. The van der Waals surface area contributed by atoms with E-state index in [2.05, 4.69) is 10.3 Å². The molecule has 0 saturated carbocycles. The summed E-state index contributed by atoms with van der Waals surface area (Å²) in [5.74, 6) is -0.161. The second-order valence-electron chi connectivity index (χ2n) is 4.26. The van der Waals surface area contributed by atoms with Gasteiger partial charge in [-0.15, -0.1) is 5.10 Å². The van der Waals surface area contributed by atoms with Crippen molar-refractivity contribution in [2.45, 2.75) is 19.9 Å². The smallest absolute Gasteiger partial charge is 0.328 e. The van der Waals surface area contributed by atoms with Gasteiger partial charge in [-0.25, -0.2) is 9.48 Å². The number of carboxylic acid groups (broad SMARTS) is 1. The Hall–Kier alpha value is -2.37. The minimum atomic E-state index is -0.947. The average molecular weight is 261 g/mol. The van der Waals surface area contributed by atoms with Gasteiger partial charge < -0.3 is 9.84 Å². The molecule has 0 aliphatic rings. The Morgan fingerprint density at radius 3 is 2.79 bits per heavy atom. The molecule has 0 saturated heterocycles. The molecule has 1 heterocycles. The third-order valence-electron chi connectivity index (χ3n) is 2.99. The van der Waals surface area contributed by atoms with Gasteiger partial charge in [0.05, 0.1) is 19.0 Å². The summed E-state index contributed by atoms with van der Waals surface area (Å²) in [6.07, 6.45) is 1.56. The number of methoxy groups -OCH3 is 1. The van der Waals surface area contributed by atoms with Gasteiger partial charge in [0.1, 0.15) is 11.8 Å². The van der Waals surface area contributed by atoms with Crippen molar-refractivity contribution in [2.75, 3.05) is 7.11 Å². The number of rotatable bonds is 4. The summed E-state index contributed by atoms with van der Waals surface area (Å²) < 4.78 is 6.59. The van der Waals surface area contributed by atoms with Gasteiger partial charge in [-0.3, -0.25) is 0 Å². The number of hydrogen-bond donors (Lipinski definition) is 1. The zero-order valence-electron chi connectivity index (χ0n) is 11.0. The highest BCUT2D eigenvalue weighted by atomic mass is 16.5. The lowest BCUT2D eigenvalue weighted by molar-refractivity contribution is -0.140. The van der Waals surface area contributed by atoms with Crippen LogP contribution in [0.15, 0.2) is 24.4 Å². The quantitative estimate of drug-likeness (QED) is 0.909. The molecule has 19 heavy (non-hydrogen) atoms. The first kappa shape index (κ1) is 13.1. The molecule has 6 heteroatoms. The number of nitrogens with zero attached hydrogens (tertiary/aromatic N) is 3. The first-order valence-electron chi connectivity index (χ1n) is 5.82. The summed E-state index contributed by atoms with van der Waals surface area (Å²) in [4.78, 5) is 11.0. The second-order valence-corrected chi connectivity index (χ2v) is 4.26. The molecule has 6 nitrogen and oxygen atoms in total. The summed E-state index contributed by atoms with van der Waals surface area (Å²) >= 11 is 0. The molecule has 0 fully saturated rings. The van der Waals surface area contributed by atoms with E-state index in [0.29, 0.717) is 5.69 Å². The second kappa shape index (κ2) is 5.09. The van der Waals surface area contributed by atoms with Gasteiger partial charge in [-0.1, -0.05) is 5.21 Å². The van der Waals surface area contributed by atoms with Gasteiger partial charge in [0, 0.05) is 5.56 Å². The van der Waals surface area contributed by atoms with E-state index in [1.807, 2.05) is 25.1 Å². The molecule has 1 atom stereocenters. The molecule has 0 aliphatic carbocycles. The molecule has 100 valence electrons. The Balaban J connectivity index is 2.45. The van der Waals surface area contributed by atoms with Gasteiger partial charge in [0.25, 0.3) is 0 Å². The third kappa shape index (κ3) is 2.42. The van der Waals surface area contributed by atoms with Crippen LogP contribution in [0, 0.1) is 6.92 Å². The lowest BCUT2D eigenvalue weighted by atomic mass is 10.1. The highest BCUT2D eigenvalue weighted by molar-refractivity contribution is 5.73. The van der Waals surface area contributed by atoms with Crippen molar-refractivity contribution in [3.05, 3.63) is 30.0 Å². The molecule has 0 bridgehead atoms. The minimum Gasteiger partial charge on any atom is -0.496 e. The molecule has 1 N–H and O–H groups in total. The van der Waals surface area contributed by atoms with Crippen molar-refractivity contribution in [3.8, 4) is 17.0 Å². The highest BCUT2D eigenvalue weighted by Gasteiger charge is 2.19. The summed E-state index contributed by atoms with van der Waals surface area (Å²) in [6, 6.07) is 4.85. The monoisotopic (exact) mass is 261 g/mol. The fourth-order valence-corrected chi connectivity index (χ4v) is 1.88. The van der Waals surface area contributed by atoms with Gasteiger partial charge in [0.2, 0.25) is 0 Å². The Kier molecular flexibility index (Phi) is 3.50. The molecule has 2 aromatic rings. The summed E-state index contributed by atoms with van der Waals surface area (Å²) in [7, 11) is 1.61. The molecular formula is C13H15N3O3. The number of aliphatic carboxylic acids is 1. The van der Waals surface area contributed by atoms with Crippen LogP contribution in [0.2, 0.25) is 0 Å². The van der Waals surface area contributed by atoms with Crippen molar-refractivity contribution >= 4 is 5.97 Å². The highest BCUT2D eigenvalue weighted by Crippen LogP contribution is 2.26. The SMILES string of the molecule is COc1ccc(-c2cnnn2C(C)C(=O)O)cc1C. The number of hydrogen-bond acceptors (Lipinski definition) is 4. The Morgan fingerprint density at radius 2 is 2.21 bits per heavy atom. The maximum Gasteiger partial charge on any atom is 0.328 e. The number of ether oxygens (including phenoxy) is 1. The van der Waals surface area contributed by atoms with Gasteiger partial charge in [-0.05, 0) is 37.6 Å². The number of aryl methyl sites for hydroxylation is 1. The standard InChI is InChI=1S/C13H15N3O3/c1-8-6-10(4-5-12(8)19-3)11-7-14-15-16(11)9(2)13(17)18/h4-7,9H,1-3H3,(H,17,18). The molecule has 1 unspecified atom stereocenters. The predicted molar refractivity (Wildman–Crippen MR) is 69.1 cm³/mol. The van der Waals surface area contributed by atoms with Crippen LogP contribution in [-0.2, 0) is 4.79 Å². The van der Waals surface area contributed by atoms with Crippen LogP contribution in [0.4, 0.5) is 0 Å². The van der Waals surface area contributed by atoms with Crippen LogP contribution < -0.4 is 4.74 Å². The van der Waals surface area contributed by atoms with E-state index < -0.39 is 12.0 Å². The molecular weight excluding hydrogens is 246 g/mol. The van der Waals surface area contributed by atoms with Gasteiger partial charge >= 0.3 is 5.97 Å². The normalized spacial score (nSPS) is 12.2. The van der Waals surface area contributed by atoms with Gasteiger partial charge in [0.15, 0.2) is 0 Å². The van der Waals surface area contributed by atoms with E-state index in [9.17, 15) is 4.79 Å². The Bertz CT molecular complexity index is 607. The summed E-state index contributed by atoms with van der Waals surface area (Å²) in [6.45, 7) is 3.49. The van der Waals surface area contributed by atoms with E-state index >= 15 is 0 Å². The van der Waals surface area contributed by atoms with Crippen LogP contribution in [0.5, 0.6) is 5.75 Å². The average Bonchev–Trinajstić information content (AvgIpc) is 2.86. The van der Waals surface area contributed by atoms with Crippen LogP contribution in [0.3, 0.4) is 0 Å². The van der Waals surface area contributed by atoms with Crippen molar-refractivity contribution in [1.29, 1.82) is 0 Å². The predicted octanol–water partition coefficient (Wildman–Crippen LogP) is 1.91. The first-order chi connectivity index (χ1) is 9.04. The maximum absolute atomic E-state index is 11.0. The number of carboxylic acids is 1. The van der Waals surface area contributed by atoms with Crippen molar-refractivity contribution in [3.63, 3.8) is 0 Å². The fourth-order valence-electron chi connectivity index (χ4n) is 1.88. The largest absolute Gasteiger partial charge is 0.496 e. The number of carbonyl (C=O) groups is 1. The zero-order valence-corrected chi connectivity index (χ0v) is 11.0. The lowest BCUT2D eigenvalue weighted by Crippen LogP contribution is -2.17. The molecule has 2 rings (SSSR count). The summed E-state index contributed by atoms with van der Waals surface area (Å²) in [5.41, 5.74) is 2.49. The zero-order chi connectivity index (χ0) is 14.0. The van der Waals surface area contributed by atoms with Crippen LogP contribution in [-0.4, -0.2) is 33.2 Å². The van der Waals surface area contributed by atoms with E-state index in [1.165, 1.54) is 4.68 Å². The van der Waals surface area contributed by atoms with E-state index in [-0.39, 0.29) is 0 Å². The van der Waals surface area contributed by atoms with Crippen LogP contribution in [0.25, 0.3) is 11.3 Å². The van der Waals surface area contributed by atoms with Crippen molar-refractivity contribution in [1.82, 2.24) is 15.0 Å². The molecule has 1 aromatic carbocycles. The fraction of sp³-hybridized carbons (Fsp3) is 0.308. The molecule has 0 aliphatic heterocycles. The Morgan fingerprint density at radius 1 is 1.47 bits per heavy atom. The first-order valence-corrected chi connectivity index (χ1v) is 5.82. The van der Waals surface area contributed by atoms with Crippen molar-refractivity contribution < 1.29 is 14.6 Å². The van der Waals surface area contributed by atoms with Crippen LogP contribution in [0.1, 0.15) is 18.5 Å². The molecule has 0 spiro atoms. The maximum atomic E-state index is 11.0. The number of benzene rings is 1. The van der Waals surface area contributed by atoms with Crippen molar-refractivity contribution in [2.24, 2.45) is 0 Å². The van der Waals surface area contributed by atoms with E-state index in [0.717, 1.165) is 16.9 Å². The molecule has 0 radical (unpaired) electrons. The van der Waals surface area contributed by atoms with E-state index in [4.69, 9.17) is 9.84 Å². The van der Waals surface area contributed by atoms with Gasteiger partial charge in [-0.2, -0.15) is 0 Å².